The number of methoxy groups -OCH3 is 2. The lowest BCUT2D eigenvalue weighted by Gasteiger charge is -2.30. The van der Waals surface area contributed by atoms with Crippen LogP contribution in [0.2, 0.25) is 0 Å². The van der Waals surface area contributed by atoms with Gasteiger partial charge < -0.3 is 29.6 Å². The molecular weight excluding hydrogens is 460 g/mol. The van der Waals surface area contributed by atoms with E-state index in [0.717, 1.165) is 5.56 Å². The third-order valence-electron chi connectivity index (χ3n) is 5.70. The van der Waals surface area contributed by atoms with Gasteiger partial charge >= 0.3 is 12.0 Å². The summed E-state index contributed by atoms with van der Waals surface area (Å²) in [6.45, 7) is 2.29. The molecule has 0 fully saturated rings. The van der Waals surface area contributed by atoms with Crippen LogP contribution in [-0.4, -0.2) is 32.8 Å². The zero-order chi connectivity index (χ0) is 25.5. The lowest BCUT2D eigenvalue weighted by molar-refractivity contribution is -0.138. The lowest BCUT2D eigenvalue weighted by Crippen LogP contribution is -2.45. The molecule has 3 aromatic carbocycles. The maximum atomic E-state index is 13.1. The second-order valence-corrected chi connectivity index (χ2v) is 7.95. The number of benzene rings is 3. The first-order chi connectivity index (χ1) is 17.5. The summed E-state index contributed by atoms with van der Waals surface area (Å²) in [5.41, 5.74) is 2.96. The topological polar surface area (TPSA) is 95.1 Å². The van der Waals surface area contributed by atoms with Crippen molar-refractivity contribution >= 4 is 17.7 Å². The van der Waals surface area contributed by atoms with Gasteiger partial charge in [-0.3, -0.25) is 0 Å². The third-order valence-corrected chi connectivity index (χ3v) is 5.70. The molecule has 1 unspecified atom stereocenters. The van der Waals surface area contributed by atoms with Gasteiger partial charge in [0.2, 0.25) is 0 Å². The lowest BCUT2D eigenvalue weighted by atomic mass is 9.92. The Morgan fingerprint density at radius 1 is 0.917 bits per heavy atom. The van der Waals surface area contributed by atoms with Gasteiger partial charge in [0, 0.05) is 0 Å². The van der Waals surface area contributed by atoms with E-state index in [-0.39, 0.29) is 12.2 Å². The molecule has 2 N–H and O–H groups in total. The van der Waals surface area contributed by atoms with Gasteiger partial charge in [0.25, 0.3) is 0 Å². The monoisotopic (exact) mass is 488 g/mol. The van der Waals surface area contributed by atoms with Crippen LogP contribution < -0.4 is 24.8 Å². The second kappa shape index (κ2) is 11.3. The number of carbonyl (C=O) groups is 2. The molecule has 2 amide bonds. The number of hydrogen-bond donors (Lipinski definition) is 2. The summed E-state index contributed by atoms with van der Waals surface area (Å²) in [5.74, 6) is 1.14. The SMILES string of the molecule is CCOC(=O)C1=C(c2ccc(OC)cc2)NC(=O)NC1c1ccc(OCc2ccccc2)c(OC)c1. The Morgan fingerprint density at radius 2 is 1.67 bits per heavy atom. The maximum absolute atomic E-state index is 13.1. The number of ether oxygens (including phenoxy) is 4. The third kappa shape index (κ3) is 5.43. The van der Waals surface area contributed by atoms with Gasteiger partial charge in [0.05, 0.1) is 38.1 Å². The number of amides is 2. The fraction of sp³-hybridized carbons (Fsp3) is 0.214. The van der Waals surface area contributed by atoms with Gasteiger partial charge in [0.15, 0.2) is 11.5 Å². The minimum absolute atomic E-state index is 0.189. The van der Waals surface area contributed by atoms with Gasteiger partial charge in [-0.1, -0.05) is 36.4 Å². The minimum atomic E-state index is -0.771. The van der Waals surface area contributed by atoms with Crippen molar-refractivity contribution in [2.45, 2.75) is 19.6 Å². The molecule has 0 saturated heterocycles. The summed E-state index contributed by atoms with van der Waals surface area (Å²) in [7, 11) is 3.11. The molecule has 1 aliphatic rings. The number of nitrogens with one attached hydrogen (secondary N) is 2. The molecule has 1 atom stereocenters. The molecule has 1 heterocycles. The molecule has 0 bridgehead atoms. The van der Waals surface area contributed by atoms with Crippen molar-refractivity contribution in [3.05, 3.63) is 95.1 Å². The fourth-order valence-corrected chi connectivity index (χ4v) is 3.95. The summed E-state index contributed by atoms with van der Waals surface area (Å²) in [6.07, 6.45) is 0. The molecule has 186 valence electrons. The van der Waals surface area contributed by atoms with Crippen molar-refractivity contribution < 1.29 is 28.5 Å². The molecule has 4 rings (SSSR count). The Bertz CT molecular complexity index is 1250. The van der Waals surface area contributed by atoms with E-state index in [0.29, 0.717) is 40.7 Å². The van der Waals surface area contributed by atoms with Crippen molar-refractivity contribution in [1.29, 1.82) is 0 Å². The minimum Gasteiger partial charge on any atom is -0.497 e. The zero-order valence-electron chi connectivity index (χ0n) is 20.4. The normalized spacial score (nSPS) is 15.0. The van der Waals surface area contributed by atoms with Crippen LogP contribution in [-0.2, 0) is 16.1 Å². The molecule has 36 heavy (non-hydrogen) atoms. The van der Waals surface area contributed by atoms with E-state index >= 15 is 0 Å². The highest BCUT2D eigenvalue weighted by Gasteiger charge is 2.35. The summed E-state index contributed by atoms with van der Waals surface area (Å²) < 4.78 is 22.1. The van der Waals surface area contributed by atoms with Crippen molar-refractivity contribution in [2.24, 2.45) is 0 Å². The Morgan fingerprint density at radius 3 is 2.33 bits per heavy atom. The van der Waals surface area contributed by atoms with E-state index in [1.165, 1.54) is 0 Å². The number of carbonyl (C=O) groups excluding carboxylic acids is 2. The summed E-state index contributed by atoms with van der Waals surface area (Å²) in [5, 5.41) is 5.61. The van der Waals surface area contributed by atoms with Crippen LogP contribution in [0, 0.1) is 0 Å². The van der Waals surface area contributed by atoms with Crippen molar-refractivity contribution in [3.63, 3.8) is 0 Å². The van der Waals surface area contributed by atoms with Crippen LogP contribution >= 0.6 is 0 Å². The summed E-state index contributed by atoms with van der Waals surface area (Å²) in [6, 6.07) is 21.0. The van der Waals surface area contributed by atoms with E-state index < -0.39 is 18.0 Å². The van der Waals surface area contributed by atoms with Gasteiger partial charge in [-0.15, -0.1) is 0 Å². The highest BCUT2D eigenvalue weighted by Crippen LogP contribution is 2.37. The highest BCUT2D eigenvalue weighted by atomic mass is 16.5. The first kappa shape index (κ1) is 24.7. The molecule has 8 nitrogen and oxygen atoms in total. The Labute approximate surface area is 209 Å². The molecule has 0 aromatic heterocycles. The Kier molecular flexibility index (Phi) is 7.75. The van der Waals surface area contributed by atoms with Crippen LogP contribution in [0.25, 0.3) is 5.70 Å². The van der Waals surface area contributed by atoms with Gasteiger partial charge in [0.1, 0.15) is 12.4 Å². The molecule has 0 saturated carbocycles. The predicted molar refractivity (Wildman–Crippen MR) is 135 cm³/mol. The van der Waals surface area contributed by atoms with Gasteiger partial charge in [-0.2, -0.15) is 0 Å². The second-order valence-electron chi connectivity index (χ2n) is 7.95. The van der Waals surface area contributed by atoms with Gasteiger partial charge in [-0.25, -0.2) is 9.59 Å². The van der Waals surface area contributed by atoms with Crippen molar-refractivity contribution in [1.82, 2.24) is 10.6 Å². The van der Waals surface area contributed by atoms with Crippen LogP contribution in [0.3, 0.4) is 0 Å². The average molecular weight is 489 g/mol. The van der Waals surface area contributed by atoms with E-state index in [4.69, 9.17) is 18.9 Å². The molecular formula is C28H28N2O6. The Balaban J connectivity index is 1.72. The summed E-state index contributed by atoms with van der Waals surface area (Å²) in [4.78, 5) is 25.8. The van der Waals surface area contributed by atoms with Crippen LogP contribution in [0.1, 0.15) is 29.7 Å². The van der Waals surface area contributed by atoms with Crippen molar-refractivity contribution in [2.75, 3.05) is 20.8 Å². The van der Waals surface area contributed by atoms with E-state index in [9.17, 15) is 9.59 Å². The highest BCUT2D eigenvalue weighted by molar-refractivity contribution is 6.04. The quantitative estimate of drug-likeness (QED) is 0.427. The average Bonchev–Trinajstić information content (AvgIpc) is 2.92. The molecule has 0 radical (unpaired) electrons. The molecule has 3 aromatic rings. The number of urea groups is 1. The van der Waals surface area contributed by atoms with Crippen LogP contribution in [0.4, 0.5) is 4.79 Å². The molecule has 1 aliphatic heterocycles. The first-order valence-electron chi connectivity index (χ1n) is 11.5. The maximum Gasteiger partial charge on any atom is 0.338 e. The number of rotatable bonds is 9. The van der Waals surface area contributed by atoms with Gasteiger partial charge in [-0.05, 0) is 60.0 Å². The molecule has 0 aliphatic carbocycles. The standard InChI is InChI=1S/C28H28N2O6/c1-4-35-27(31)24-25(19-10-13-21(33-2)14-11-19)29-28(32)30-26(24)20-12-15-22(23(16-20)34-3)36-17-18-8-6-5-7-9-18/h5-16,26H,4,17H2,1-3H3,(H2,29,30,32). The van der Waals surface area contributed by atoms with E-state index in [2.05, 4.69) is 10.6 Å². The Hall–Kier alpha value is -4.46. The molecule has 0 spiro atoms. The summed E-state index contributed by atoms with van der Waals surface area (Å²) >= 11 is 0. The first-order valence-corrected chi connectivity index (χ1v) is 11.5. The number of hydrogen-bond acceptors (Lipinski definition) is 6. The van der Waals surface area contributed by atoms with Crippen molar-refractivity contribution in [3.8, 4) is 17.2 Å². The number of esters is 1. The zero-order valence-corrected chi connectivity index (χ0v) is 20.4. The fourth-order valence-electron chi connectivity index (χ4n) is 3.95. The van der Waals surface area contributed by atoms with Crippen LogP contribution in [0.5, 0.6) is 17.2 Å². The van der Waals surface area contributed by atoms with E-state index in [1.54, 1.807) is 63.6 Å². The largest absolute Gasteiger partial charge is 0.497 e. The smallest absolute Gasteiger partial charge is 0.338 e. The predicted octanol–water partition coefficient (Wildman–Crippen LogP) is 4.61. The molecule has 8 heteroatoms. The van der Waals surface area contributed by atoms with Crippen LogP contribution in [0.15, 0.2) is 78.4 Å². The van der Waals surface area contributed by atoms with E-state index in [1.807, 2.05) is 30.3 Å².